The Morgan fingerprint density at radius 2 is 2.38 bits per heavy atom. The molecule has 1 unspecified atom stereocenters. The molecule has 72 valence electrons. The van der Waals surface area contributed by atoms with Gasteiger partial charge in [0.2, 0.25) is 0 Å². The highest BCUT2D eigenvalue weighted by Gasteiger charge is 2.04. The molecule has 3 nitrogen and oxygen atoms in total. The van der Waals surface area contributed by atoms with Crippen LogP contribution in [0.1, 0.15) is 26.7 Å². The van der Waals surface area contributed by atoms with Gasteiger partial charge in [0, 0.05) is 6.04 Å². The van der Waals surface area contributed by atoms with E-state index >= 15 is 0 Å². The minimum absolute atomic E-state index is 0.400. The van der Waals surface area contributed by atoms with Gasteiger partial charge in [-0.15, -0.1) is 0 Å². The Kier molecular flexibility index (Phi) is 3.96. The zero-order valence-electron chi connectivity index (χ0n) is 7.92. The molecule has 0 aliphatic rings. The van der Waals surface area contributed by atoms with Gasteiger partial charge in [-0.05, 0) is 13.3 Å². The van der Waals surface area contributed by atoms with Gasteiger partial charge in [-0.25, -0.2) is 9.97 Å². The van der Waals surface area contributed by atoms with Crippen molar-refractivity contribution in [2.45, 2.75) is 32.7 Å². The van der Waals surface area contributed by atoms with Crippen LogP contribution in [0.4, 0.5) is 5.82 Å². The molecular weight excluding hydrogens is 186 g/mol. The van der Waals surface area contributed by atoms with E-state index in [4.69, 9.17) is 11.6 Å². The van der Waals surface area contributed by atoms with Gasteiger partial charge in [0.25, 0.3) is 0 Å². The summed E-state index contributed by atoms with van der Waals surface area (Å²) in [6.45, 7) is 4.27. The lowest BCUT2D eigenvalue weighted by molar-refractivity contribution is 0.687. The molecule has 0 bridgehead atoms. The molecule has 0 saturated carbocycles. The van der Waals surface area contributed by atoms with Crippen molar-refractivity contribution >= 4 is 17.4 Å². The average molecular weight is 200 g/mol. The molecule has 0 aliphatic heterocycles. The van der Waals surface area contributed by atoms with Crippen molar-refractivity contribution in [1.29, 1.82) is 0 Å². The third-order valence-corrected chi connectivity index (χ3v) is 2.05. The highest BCUT2D eigenvalue weighted by atomic mass is 35.5. The highest BCUT2D eigenvalue weighted by molar-refractivity contribution is 6.32. The molecule has 0 radical (unpaired) electrons. The first-order valence-corrected chi connectivity index (χ1v) is 4.84. The Morgan fingerprint density at radius 3 is 3.00 bits per heavy atom. The maximum atomic E-state index is 5.88. The fourth-order valence-electron chi connectivity index (χ4n) is 1.16. The third kappa shape index (κ3) is 3.19. The molecule has 0 aromatic carbocycles. The molecule has 0 fully saturated rings. The van der Waals surface area contributed by atoms with Gasteiger partial charge in [0.05, 0.1) is 6.20 Å². The molecule has 13 heavy (non-hydrogen) atoms. The Morgan fingerprint density at radius 1 is 1.62 bits per heavy atom. The Bertz CT molecular complexity index is 265. The molecule has 1 rings (SSSR count). The minimum Gasteiger partial charge on any atom is -0.366 e. The number of rotatable bonds is 4. The van der Waals surface area contributed by atoms with Crippen LogP contribution in [0.2, 0.25) is 5.02 Å². The van der Waals surface area contributed by atoms with E-state index in [2.05, 4.69) is 29.1 Å². The number of nitrogens with zero attached hydrogens (tertiary/aromatic N) is 2. The van der Waals surface area contributed by atoms with E-state index in [1.54, 1.807) is 6.20 Å². The minimum atomic E-state index is 0.400. The lowest BCUT2D eigenvalue weighted by Gasteiger charge is -2.13. The lowest BCUT2D eigenvalue weighted by atomic mass is 10.2. The third-order valence-electron chi connectivity index (χ3n) is 1.77. The largest absolute Gasteiger partial charge is 0.366 e. The van der Waals surface area contributed by atoms with E-state index in [0.29, 0.717) is 11.1 Å². The molecule has 4 heteroatoms. The van der Waals surface area contributed by atoms with Crippen molar-refractivity contribution in [1.82, 2.24) is 9.97 Å². The number of hydrogen-bond acceptors (Lipinski definition) is 3. The second kappa shape index (κ2) is 5.02. The van der Waals surface area contributed by atoms with Gasteiger partial charge in [-0.1, -0.05) is 24.9 Å². The molecule has 0 saturated heterocycles. The molecule has 0 aliphatic carbocycles. The van der Waals surface area contributed by atoms with Crippen LogP contribution in [0, 0.1) is 0 Å². The summed E-state index contributed by atoms with van der Waals surface area (Å²) in [6.07, 6.45) is 5.35. The van der Waals surface area contributed by atoms with E-state index in [9.17, 15) is 0 Å². The van der Waals surface area contributed by atoms with Crippen LogP contribution >= 0.6 is 11.6 Å². The van der Waals surface area contributed by atoms with Gasteiger partial charge in [0.15, 0.2) is 0 Å². The Hall–Kier alpha value is -0.830. The maximum absolute atomic E-state index is 5.88. The summed E-state index contributed by atoms with van der Waals surface area (Å²) in [6, 6.07) is 0.400. The first-order valence-electron chi connectivity index (χ1n) is 4.46. The molecule has 1 heterocycles. The molecule has 1 atom stereocenters. The summed E-state index contributed by atoms with van der Waals surface area (Å²) in [4.78, 5) is 7.86. The second-order valence-electron chi connectivity index (χ2n) is 3.05. The van der Waals surface area contributed by atoms with Crippen molar-refractivity contribution in [3.8, 4) is 0 Å². The fraction of sp³-hybridized carbons (Fsp3) is 0.556. The van der Waals surface area contributed by atoms with Crippen molar-refractivity contribution in [2.75, 3.05) is 5.32 Å². The Labute approximate surface area is 83.5 Å². The molecular formula is C9H14ClN3. The van der Waals surface area contributed by atoms with E-state index < -0.39 is 0 Å². The highest BCUT2D eigenvalue weighted by Crippen LogP contribution is 2.17. The van der Waals surface area contributed by atoms with Gasteiger partial charge < -0.3 is 5.32 Å². The number of aromatic nitrogens is 2. The van der Waals surface area contributed by atoms with E-state index in [1.807, 2.05) is 0 Å². The first kappa shape index (κ1) is 10.3. The van der Waals surface area contributed by atoms with Crippen molar-refractivity contribution in [3.63, 3.8) is 0 Å². The predicted octanol–water partition coefficient (Wildman–Crippen LogP) is 2.73. The number of anilines is 1. The van der Waals surface area contributed by atoms with E-state index in [-0.39, 0.29) is 0 Å². The molecule has 1 aromatic heterocycles. The number of hydrogen-bond donors (Lipinski definition) is 1. The lowest BCUT2D eigenvalue weighted by Crippen LogP contribution is -2.15. The predicted molar refractivity (Wildman–Crippen MR) is 55.0 cm³/mol. The molecule has 1 aromatic rings. The first-order chi connectivity index (χ1) is 6.24. The number of halogens is 1. The summed E-state index contributed by atoms with van der Waals surface area (Å²) in [5, 5.41) is 3.80. The van der Waals surface area contributed by atoms with Gasteiger partial charge in [0.1, 0.15) is 17.2 Å². The zero-order valence-corrected chi connectivity index (χ0v) is 8.67. The number of nitrogens with one attached hydrogen (secondary N) is 1. The summed E-state index contributed by atoms with van der Waals surface area (Å²) >= 11 is 5.88. The van der Waals surface area contributed by atoms with Crippen LogP contribution in [0.25, 0.3) is 0 Å². The maximum Gasteiger partial charge on any atom is 0.148 e. The average Bonchev–Trinajstić information content (AvgIpc) is 2.09. The van der Waals surface area contributed by atoms with E-state index in [1.165, 1.54) is 6.33 Å². The quantitative estimate of drug-likeness (QED) is 0.811. The summed E-state index contributed by atoms with van der Waals surface area (Å²) < 4.78 is 0. The van der Waals surface area contributed by atoms with Gasteiger partial charge in [-0.3, -0.25) is 0 Å². The zero-order chi connectivity index (χ0) is 9.68. The standard InChI is InChI=1S/C9H14ClN3/c1-3-4-7(2)13-9-8(10)5-11-6-12-9/h5-7H,3-4H2,1-2H3,(H,11,12,13). The SMILES string of the molecule is CCCC(C)Nc1ncncc1Cl. The van der Waals surface area contributed by atoms with Crippen LogP contribution in [0.15, 0.2) is 12.5 Å². The normalized spacial score (nSPS) is 12.5. The van der Waals surface area contributed by atoms with Crippen LogP contribution < -0.4 is 5.32 Å². The second-order valence-corrected chi connectivity index (χ2v) is 3.46. The molecule has 0 amide bonds. The smallest absolute Gasteiger partial charge is 0.148 e. The van der Waals surface area contributed by atoms with Crippen LogP contribution in [0.3, 0.4) is 0 Å². The van der Waals surface area contributed by atoms with Crippen LogP contribution in [0.5, 0.6) is 0 Å². The summed E-state index contributed by atoms with van der Waals surface area (Å²) in [5.41, 5.74) is 0. The van der Waals surface area contributed by atoms with Crippen molar-refractivity contribution in [2.24, 2.45) is 0 Å². The molecule has 0 spiro atoms. The van der Waals surface area contributed by atoms with Crippen molar-refractivity contribution in [3.05, 3.63) is 17.5 Å². The topological polar surface area (TPSA) is 37.8 Å². The van der Waals surface area contributed by atoms with Crippen molar-refractivity contribution < 1.29 is 0 Å². The summed E-state index contributed by atoms with van der Waals surface area (Å²) in [7, 11) is 0. The monoisotopic (exact) mass is 199 g/mol. The van der Waals surface area contributed by atoms with Gasteiger partial charge in [-0.2, -0.15) is 0 Å². The molecule has 1 N–H and O–H groups in total. The summed E-state index contributed by atoms with van der Waals surface area (Å²) in [5.74, 6) is 0.720. The van der Waals surface area contributed by atoms with E-state index in [0.717, 1.165) is 18.7 Å². The van der Waals surface area contributed by atoms with Crippen LogP contribution in [-0.4, -0.2) is 16.0 Å². The fourth-order valence-corrected chi connectivity index (χ4v) is 1.32. The van der Waals surface area contributed by atoms with Gasteiger partial charge >= 0.3 is 0 Å². The van der Waals surface area contributed by atoms with Crippen LogP contribution in [-0.2, 0) is 0 Å². The Balaban J connectivity index is 2.58.